The van der Waals surface area contributed by atoms with Gasteiger partial charge in [0.1, 0.15) is 0 Å². The first kappa shape index (κ1) is 15.0. The molecule has 3 atom stereocenters. The molecule has 0 amide bonds. The van der Waals surface area contributed by atoms with E-state index in [4.69, 9.17) is 5.73 Å². The van der Waals surface area contributed by atoms with Gasteiger partial charge in [-0.05, 0) is 31.3 Å². The summed E-state index contributed by atoms with van der Waals surface area (Å²) < 4.78 is 0. The Morgan fingerprint density at radius 3 is 2.79 bits per heavy atom. The van der Waals surface area contributed by atoms with Crippen molar-refractivity contribution in [1.82, 2.24) is 9.80 Å². The number of thiophene rings is 1. The summed E-state index contributed by atoms with van der Waals surface area (Å²) in [6, 6.07) is 5.68. The largest absolute Gasteiger partial charge is 0.326 e. The number of hydrogen-bond acceptors (Lipinski definition) is 4. The van der Waals surface area contributed by atoms with Gasteiger partial charge in [-0.1, -0.05) is 19.9 Å². The predicted molar refractivity (Wildman–Crippen MR) is 83.6 cm³/mol. The van der Waals surface area contributed by atoms with Gasteiger partial charge in [-0.25, -0.2) is 0 Å². The molecule has 0 saturated carbocycles. The second-order valence-electron chi connectivity index (χ2n) is 5.57. The Morgan fingerprint density at radius 2 is 2.21 bits per heavy atom. The topological polar surface area (TPSA) is 32.5 Å². The lowest BCUT2D eigenvalue weighted by Crippen LogP contribution is -2.54. The maximum atomic E-state index is 6.41. The highest BCUT2D eigenvalue weighted by Crippen LogP contribution is 2.30. The highest BCUT2D eigenvalue weighted by molar-refractivity contribution is 7.10. The van der Waals surface area contributed by atoms with Crippen LogP contribution in [0.4, 0.5) is 0 Å². The molecule has 0 aliphatic carbocycles. The molecule has 2 N–H and O–H groups in total. The maximum absolute atomic E-state index is 6.41. The summed E-state index contributed by atoms with van der Waals surface area (Å²) in [4.78, 5) is 6.52. The summed E-state index contributed by atoms with van der Waals surface area (Å²) in [7, 11) is 2.24. The van der Waals surface area contributed by atoms with E-state index in [2.05, 4.69) is 48.2 Å². The second-order valence-corrected chi connectivity index (χ2v) is 6.55. The molecule has 0 bridgehead atoms. The van der Waals surface area contributed by atoms with Crippen molar-refractivity contribution in [2.75, 3.05) is 26.7 Å². The van der Waals surface area contributed by atoms with Crippen LogP contribution in [0.25, 0.3) is 0 Å². The highest BCUT2D eigenvalue weighted by Gasteiger charge is 2.32. The van der Waals surface area contributed by atoms with Crippen LogP contribution in [0.1, 0.15) is 37.6 Å². The van der Waals surface area contributed by atoms with Crippen LogP contribution < -0.4 is 5.73 Å². The van der Waals surface area contributed by atoms with Gasteiger partial charge in [-0.15, -0.1) is 11.3 Å². The molecule has 108 valence electrons. The van der Waals surface area contributed by atoms with Crippen LogP contribution in [-0.2, 0) is 0 Å². The van der Waals surface area contributed by atoms with E-state index in [0.29, 0.717) is 12.1 Å². The minimum atomic E-state index is 0.236. The van der Waals surface area contributed by atoms with Crippen LogP contribution in [0.15, 0.2) is 17.5 Å². The molecule has 19 heavy (non-hydrogen) atoms. The summed E-state index contributed by atoms with van der Waals surface area (Å²) in [5, 5.41) is 2.16. The van der Waals surface area contributed by atoms with Crippen molar-refractivity contribution in [2.24, 2.45) is 5.73 Å². The summed E-state index contributed by atoms with van der Waals surface area (Å²) in [6.45, 7) is 7.90. The first-order chi connectivity index (χ1) is 9.17. The zero-order valence-corrected chi connectivity index (χ0v) is 13.2. The minimum absolute atomic E-state index is 0.236. The van der Waals surface area contributed by atoms with Gasteiger partial charge in [0.05, 0.1) is 6.04 Å². The molecule has 1 aromatic heterocycles. The molecule has 1 aliphatic heterocycles. The number of likely N-dealkylation sites (N-methyl/N-ethyl adjacent to an activating group) is 1. The minimum Gasteiger partial charge on any atom is -0.326 e. The average Bonchev–Trinajstić information content (AvgIpc) is 2.94. The van der Waals surface area contributed by atoms with E-state index in [1.54, 1.807) is 0 Å². The van der Waals surface area contributed by atoms with Crippen LogP contribution in [-0.4, -0.2) is 48.6 Å². The molecule has 3 unspecified atom stereocenters. The van der Waals surface area contributed by atoms with Crippen LogP contribution in [0, 0.1) is 0 Å². The van der Waals surface area contributed by atoms with Crippen molar-refractivity contribution in [3.63, 3.8) is 0 Å². The van der Waals surface area contributed by atoms with Crippen LogP contribution in [0.2, 0.25) is 0 Å². The number of nitrogens with zero attached hydrogens (tertiary/aromatic N) is 2. The van der Waals surface area contributed by atoms with Crippen molar-refractivity contribution in [3.8, 4) is 0 Å². The fraction of sp³-hybridized carbons (Fsp3) is 0.733. The molecular weight excluding hydrogens is 254 g/mol. The first-order valence-electron chi connectivity index (χ1n) is 7.40. The lowest BCUT2D eigenvalue weighted by molar-refractivity contribution is 0.0536. The third-order valence-electron chi connectivity index (χ3n) is 4.38. The molecule has 0 spiro atoms. The SMILES string of the molecule is CCC(N)C(c1cccs1)N1CCN(C)C(CC)C1. The quantitative estimate of drug-likeness (QED) is 0.900. The number of piperazine rings is 1. The molecule has 0 radical (unpaired) electrons. The van der Waals surface area contributed by atoms with E-state index in [-0.39, 0.29) is 6.04 Å². The van der Waals surface area contributed by atoms with E-state index in [1.165, 1.54) is 11.3 Å². The summed E-state index contributed by atoms with van der Waals surface area (Å²) in [6.07, 6.45) is 2.25. The van der Waals surface area contributed by atoms with Gasteiger partial charge in [0.2, 0.25) is 0 Å². The van der Waals surface area contributed by atoms with Gasteiger partial charge in [0.25, 0.3) is 0 Å². The Kier molecular flexibility index (Phi) is 5.39. The monoisotopic (exact) mass is 281 g/mol. The fourth-order valence-electron chi connectivity index (χ4n) is 3.01. The van der Waals surface area contributed by atoms with Crippen molar-refractivity contribution in [2.45, 2.75) is 44.8 Å². The molecular formula is C15H27N3S. The van der Waals surface area contributed by atoms with Crippen molar-refractivity contribution in [3.05, 3.63) is 22.4 Å². The van der Waals surface area contributed by atoms with E-state index >= 15 is 0 Å². The van der Waals surface area contributed by atoms with Gasteiger partial charge >= 0.3 is 0 Å². The molecule has 0 aromatic carbocycles. The van der Waals surface area contributed by atoms with E-state index in [0.717, 1.165) is 26.1 Å². The van der Waals surface area contributed by atoms with E-state index in [9.17, 15) is 0 Å². The zero-order chi connectivity index (χ0) is 13.8. The van der Waals surface area contributed by atoms with Crippen LogP contribution >= 0.6 is 11.3 Å². The standard InChI is InChI=1S/C15H27N3S/c1-4-12-11-18(9-8-17(12)3)15(13(16)5-2)14-7-6-10-19-14/h6-7,10,12-13,15H,4-5,8-9,11,16H2,1-3H3. The predicted octanol–water partition coefficient (Wildman–Crippen LogP) is 2.55. The van der Waals surface area contributed by atoms with E-state index < -0.39 is 0 Å². The zero-order valence-electron chi connectivity index (χ0n) is 12.4. The Bertz CT molecular complexity index is 365. The molecule has 1 saturated heterocycles. The molecule has 2 heterocycles. The Balaban J connectivity index is 2.15. The molecule has 2 rings (SSSR count). The van der Waals surface area contributed by atoms with Gasteiger partial charge in [-0.3, -0.25) is 4.90 Å². The second kappa shape index (κ2) is 6.84. The van der Waals surface area contributed by atoms with Crippen molar-refractivity contribution < 1.29 is 0 Å². The Hall–Kier alpha value is -0.420. The van der Waals surface area contributed by atoms with Gasteiger partial charge in [0, 0.05) is 36.6 Å². The van der Waals surface area contributed by atoms with Gasteiger partial charge in [0.15, 0.2) is 0 Å². The Morgan fingerprint density at radius 1 is 1.42 bits per heavy atom. The summed E-state index contributed by atoms with van der Waals surface area (Å²) in [5.41, 5.74) is 6.41. The first-order valence-corrected chi connectivity index (χ1v) is 8.28. The third kappa shape index (κ3) is 3.37. The molecule has 3 nitrogen and oxygen atoms in total. The lowest BCUT2D eigenvalue weighted by atomic mass is 10.00. The summed E-state index contributed by atoms with van der Waals surface area (Å²) in [5.74, 6) is 0. The van der Waals surface area contributed by atoms with Crippen LogP contribution in [0.3, 0.4) is 0 Å². The summed E-state index contributed by atoms with van der Waals surface area (Å²) >= 11 is 1.84. The fourth-order valence-corrected chi connectivity index (χ4v) is 3.94. The molecule has 1 aromatic rings. The normalized spacial score (nSPS) is 25.4. The smallest absolute Gasteiger partial charge is 0.0594 e. The number of hydrogen-bond donors (Lipinski definition) is 1. The van der Waals surface area contributed by atoms with Crippen molar-refractivity contribution in [1.29, 1.82) is 0 Å². The van der Waals surface area contributed by atoms with E-state index in [1.807, 2.05) is 11.3 Å². The average molecular weight is 281 g/mol. The highest BCUT2D eigenvalue weighted by atomic mass is 32.1. The number of nitrogens with two attached hydrogens (primary N) is 1. The third-order valence-corrected chi connectivity index (χ3v) is 5.33. The van der Waals surface area contributed by atoms with Crippen molar-refractivity contribution >= 4 is 11.3 Å². The maximum Gasteiger partial charge on any atom is 0.0594 e. The molecule has 1 fully saturated rings. The van der Waals surface area contributed by atoms with Crippen LogP contribution in [0.5, 0.6) is 0 Å². The molecule has 4 heteroatoms. The lowest BCUT2D eigenvalue weighted by Gasteiger charge is -2.44. The Labute approximate surface area is 121 Å². The number of rotatable bonds is 5. The van der Waals surface area contributed by atoms with Gasteiger partial charge < -0.3 is 10.6 Å². The van der Waals surface area contributed by atoms with Gasteiger partial charge in [-0.2, -0.15) is 0 Å². The molecule has 1 aliphatic rings.